The van der Waals surface area contributed by atoms with Crippen LogP contribution in [0.2, 0.25) is 0 Å². The standard InChI is InChI=1S/C11H14N2O/c14-11-8-10(12-6-7-13-11)9-4-2-1-3-5-9/h1-5,10,12H,6-8H2,(H,13,14)/i6D2,7D2. The largest absolute Gasteiger partial charge is 0.355 e. The van der Waals surface area contributed by atoms with Crippen LogP contribution in [0.3, 0.4) is 0 Å². The highest BCUT2D eigenvalue weighted by Gasteiger charge is 2.17. The summed E-state index contributed by atoms with van der Waals surface area (Å²) in [5, 5.41) is 4.63. The van der Waals surface area contributed by atoms with Gasteiger partial charge in [-0.1, -0.05) is 30.3 Å². The SMILES string of the molecule is [2H]C1([2H])NC(=O)CC(c2ccccc2)NC1([2H])[2H]. The van der Waals surface area contributed by atoms with E-state index in [1.165, 1.54) is 0 Å². The number of benzene rings is 1. The third kappa shape index (κ3) is 2.12. The molecule has 2 N–H and O–H groups in total. The molecule has 1 fully saturated rings. The number of carbonyl (C=O) groups excluding carboxylic acids is 1. The molecule has 3 heteroatoms. The molecule has 0 spiro atoms. The number of amides is 1. The lowest BCUT2D eigenvalue weighted by molar-refractivity contribution is -0.121. The lowest BCUT2D eigenvalue weighted by atomic mass is 10.0. The summed E-state index contributed by atoms with van der Waals surface area (Å²) in [7, 11) is 0. The Hall–Kier alpha value is -1.35. The topological polar surface area (TPSA) is 41.1 Å². The molecule has 1 atom stereocenters. The van der Waals surface area contributed by atoms with Crippen molar-refractivity contribution >= 4 is 5.91 Å². The molecule has 1 amide bonds. The van der Waals surface area contributed by atoms with Crippen molar-refractivity contribution in [1.82, 2.24) is 10.6 Å². The summed E-state index contributed by atoms with van der Waals surface area (Å²) < 4.78 is 30.5. The zero-order chi connectivity index (χ0) is 13.4. The third-order valence-corrected chi connectivity index (χ3v) is 2.10. The molecule has 74 valence electrons. The van der Waals surface area contributed by atoms with E-state index in [0.29, 0.717) is 0 Å². The number of nitrogens with one attached hydrogen (secondary N) is 2. The van der Waals surface area contributed by atoms with E-state index >= 15 is 0 Å². The molecule has 1 heterocycles. The lowest BCUT2D eigenvalue weighted by Gasteiger charge is -2.14. The van der Waals surface area contributed by atoms with Gasteiger partial charge in [-0.25, -0.2) is 0 Å². The minimum absolute atomic E-state index is 0.00301. The molecule has 0 radical (unpaired) electrons. The number of hydrogen-bond donors (Lipinski definition) is 2. The minimum atomic E-state index is -2.44. The summed E-state index contributed by atoms with van der Waals surface area (Å²) in [4.78, 5) is 11.6. The van der Waals surface area contributed by atoms with E-state index in [-0.39, 0.29) is 6.42 Å². The van der Waals surface area contributed by atoms with E-state index < -0.39 is 24.9 Å². The molecule has 3 nitrogen and oxygen atoms in total. The minimum Gasteiger partial charge on any atom is -0.355 e. The van der Waals surface area contributed by atoms with E-state index in [4.69, 9.17) is 5.48 Å². The predicted octanol–water partition coefficient (Wildman–Crippen LogP) is 0.837. The molecule has 0 aromatic heterocycles. The molecule has 1 saturated heterocycles. The second-order valence-electron chi connectivity index (χ2n) is 3.11. The van der Waals surface area contributed by atoms with Crippen LogP contribution in [0.4, 0.5) is 0 Å². The van der Waals surface area contributed by atoms with Gasteiger partial charge in [0.05, 0.1) is 2.74 Å². The first-order valence-electron chi connectivity index (χ1n) is 6.45. The highest BCUT2D eigenvalue weighted by molar-refractivity contribution is 5.77. The van der Waals surface area contributed by atoms with Gasteiger partial charge < -0.3 is 10.6 Å². The zero-order valence-electron chi connectivity index (χ0n) is 11.6. The highest BCUT2D eigenvalue weighted by atomic mass is 16.1. The summed E-state index contributed by atoms with van der Waals surface area (Å²) in [5.41, 5.74) is 0.759. The van der Waals surface area contributed by atoms with Crippen LogP contribution in [0.1, 0.15) is 23.5 Å². The fourth-order valence-corrected chi connectivity index (χ4v) is 1.40. The Labute approximate surface area is 89.1 Å². The Bertz CT molecular complexity index is 450. The van der Waals surface area contributed by atoms with Gasteiger partial charge in [-0.05, 0) is 5.56 Å². The molecule has 1 aliphatic heterocycles. The molecular formula is C11H14N2O. The Balaban J connectivity index is 2.32. The maximum atomic E-state index is 11.6. The van der Waals surface area contributed by atoms with Gasteiger partial charge in [0, 0.05) is 28.2 Å². The van der Waals surface area contributed by atoms with Crippen molar-refractivity contribution in [2.45, 2.75) is 12.5 Å². The van der Waals surface area contributed by atoms with Gasteiger partial charge in [-0.15, -0.1) is 0 Å². The molecule has 1 aliphatic rings. The first kappa shape index (κ1) is 5.51. The maximum absolute atomic E-state index is 11.6. The molecule has 1 unspecified atom stereocenters. The highest BCUT2D eigenvalue weighted by Crippen LogP contribution is 2.16. The van der Waals surface area contributed by atoms with Gasteiger partial charge in [0.15, 0.2) is 0 Å². The molecule has 1 aromatic carbocycles. The first-order chi connectivity index (χ1) is 8.32. The van der Waals surface area contributed by atoms with Crippen LogP contribution >= 0.6 is 0 Å². The van der Waals surface area contributed by atoms with Gasteiger partial charge in [0.2, 0.25) is 5.91 Å². The summed E-state index contributed by atoms with van der Waals surface area (Å²) >= 11 is 0. The van der Waals surface area contributed by atoms with Crippen LogP contribution in [0.25, 0.3) is 0 Å². The summed E-state index contributed by atoms with van der Waals surface area (Å²) in [6.45, 7) is -4.77. The molecule has 14 heavy (non-hydrogen) atoms. The van der Waals surface area contributed by atoms with Crippen molar-refractivity contribution in [1.29, 1.82) is 0 Å². The maximum Gasteiger partial charge on any atom is 0.221 e. The number of hydrogen-bond acceptors (Lipinski definition) is 2. The number of rotatable bonds is 1. The van der Waals surface area contributed by atoms with Crippen LogP contribution in [-0.4, -0.2) is 18.9 Å². The van der Waals surface area contributed by atoms with E-state index in [2.05, 4.69) is 10.6 Å². The smallest absolute Gasteiger partial charge is 0.221 e. The van der Waals surface area contributed by atoms with Crippen molar-refractivity contribution in [3.05, 3.63) is 35.9 Å². The molecule has 2 rings (SSSR count). The summed E-state index contributed by atoms with van der Waals surface area (Å²) in [6.07, 6.45) is 0.00301. The third-order valence-electron chi connectivity index (χ3n) is 2.10. The van der Waals surface area contributed by atoms with E-state index in [1.807, 2.05) is 6.07 Å². The molecule has 0 saturated carbocycles. The lowest BCUT2D eigenvalue weighted by Crippen LogP contribution is -2.24. The monoisotopic (exact) mass is 194 g/mol. The van der Waals surface area contributed by atoms with Crippen molar-refractivity contribution in [3.8, 4) is 0 Å². The van der Waals surface area contributed by atoms with E-state index in [9.17, 15) is 4.79 Å². The zero-order valence-corrected chi connectivity index (χ0v) is 7.58. The average Bonchev–Trinajstić information content (AvgIpc) is 2.35. The molecular weight excluding hydrogens is 176 g/mol. The summed E-state index contributed by atoms with van der Waals surface area (Å²) in [6, 6.07) is 8.44. The number of carbonyl (C=O) groups is 1. The Morgan fingerprint density at radius 3 is 2.86 bits per heavy atom. The normalized spacial score (nSPS) is 34.0. The van der Waals surface area contributed by atoms with Crippen LogP contribution < -0.4 is 10.6 Å². The Kier molecular flexibility index (Phi) is 1.67. The molecule has 1 aromatic rings. The van der Waals surface area contributed by atoms with Gasteiger partial charge >= 0.3 is 0 Å². The van der Waals surface area contributed by atoms with Crippen LogP contribution in [0, 0.1) is 0 Å². The van der Waals surface area contributed by atoms with Crippen molar-refractivity contribution in [3.63, 3.8) is 0 Å². The average molecular weight is 194 g/mol. The predicted molar refractivity (Wildman–Crippen MR) is 54.8 cm³/mol. The van der Waals surface area contributed by atoms with Gasteiger partial charge in [0.1, 0.15) is 0 Å². The Morgan fingerprint density at radius 2 is 2.07 bits per heavy atom. The van der Waals surface area contributed by atoms with Gasteiger partial charge in [0.25, 0.3) is 0 Å². The summed E-state index contributed by atoms with van der Waals surface area (Å²) in [5.74, 6) is -0.511. The van der Waals surface area contributed by atoms with Crippen molar-refractivity contribution < 1.29 is 10.3 Å². The Morgan fingerprint density at radius 1 is 1.29 bits per heavy atom. The van der Waals surface area contributed by atoms with Crippen LogP contribution in [-0.2, 0) is 4.79 Å². The first-order valence-corrected chi connectivity index (χ1v) is 4.45. The van der Waals surface area contributed by atoms with Crippen molar-refractivity contribution in [2.75, 3.05) is 13.0 Å². The quantitative estimate of drug-likeness (QED) is 0.695. The van der Waals surface area contributed by atoms with Crippen LogP contribution in [0.5, 0.6) is 0 Å². The van der Waals surface area contributed by atoms with Gasteiger partial charge in [-0.2, -0.15) is 0 Å². The van der Waals surface area contributed by atoms with E-state index in [1.54, 1.807) is 24.3 Å². The van der Waals surface area contributed by atoms with Crippen LogP contribution in [0.15, 0.2) is 30.3 Å². The fraction of sp³-hybridized carbons (Fsp3) is 0.364. The van der Waals surface area contributed by atoms with E-state index in [0.717, 1.165) is 5.56 Å². The fourth-order valence-electron chi connectivity index (χ4n) is 1.40. The second kappa shape index (κ2) is 4.24. The van der Waals surface area contributed by atoms with Gasteiger partial charge in [-0.3, -0.25) is 4.79 Å². The molecule has 0 aliphatic carbocycles. The second-order valence-corrected chi connectivity index (χ2v) is 3.11. The van der Waals surface area contributed by atoms with Crippen molar-refractivity contribution in [2.24, 2.45) is 0 Å². The molecule has 0 bridgehead atoms.